The summed E-state index contributed by atoms with van der Waals surface area (Å²) in [7, 11) is 0. The summed E-state index contributed by atoms with van der Waals surface area (Å²) in [6.45, 7) is 5.37. The second-order valence-corrected chi connectivity index (χ2v) is 3.82. The predicted octanol–water partition coefficient (Wildman–Crippen LogP) is 1.20. The number of rotatable bonds is 6. The van der Waals surface area contributed by atoms with Crippen LogP contribution in [0.25, 0.3) is 0 Å². The van der Waals surface area contributed by atoms with Crippen LogP contribution in [0.5, 0.6) is 0 Å². The molecule has 1 heterocycles. The molecule has 3 heteroatoms. The first-order chi connectivity index (χ1) is 6.33. The van der Waals surface area contributed by atoms with Crippen molar-refractivity contribution < 1.29 is 14.6 Å². The number of aliphatic hydroxyl groups excluding tert-OH is 1. The molecule has 0 aromatic rings. The highest BCUT2D eigenvalue weighted by Gasteiger charge is 2.33. The molecule has 0 saturated carbocycles. The maximum absolute atomic E-state index is 9.24. The minimum atomic E-state index is -0.00621. The van der Waals surface area contributed by atoms with Crippen LogP contribution in [0.4, 0.5) is 0 Å². The molecule has 1 rings (SSSR count). The molecule has 1 aliphatic rings. The van der Waals surface area contributed by atoms with Crippen LogP contribution in [0.1, 0.15) is 26.2 Å². The Morgan fingerprint density at radius 1 is 1.46 bits per heavy atom. The Morgan fingerprint density at radius 2 is 2.31 bits per heavy atom. The summed E-state index contributed by atoms with van der Waals surface area (Å²) in [5, 5.41) is 9.24. The van der Waals surface area contributed by atoms with E-state index in [2.05, 4.69) is 6.92 Å². The lowest BCUT2D eigenvalue weighted by Gasteiger charge is -2.24. The highest BCUT2D eigenvalue weighted by molar-refractivity contribution is 4.82. The van der Waals surface area contributed by atoms with E-state index in [4.69, 9.17) is 9.47 Å². The van der Waals surface area contributed by atoms with E-state index in [9.17, 15) is 5.11 Å². The van der Waals surface area contributed by atoms with Gasteiger partial charge in [-0.15, -0.1) is 0 Å². The van der Waals surface area contributed by atoms with Gasteiger partial charge in [0.2, 0.25) is 0 Å². The van der Waals surface area contributed by atoms with Gasteiger partial charge in [-0.1, -0.05) is 6.92 Å². The van der Waals surface area contributed by atoms with Crippen LogP contribution in [-0.2, 0) is 9.47 Å². The third-order valence-electron chi connectivity index (χ3n) is 2.65. The predicted molar refractivity (Wildman–Crippen MR) is 50.7 cm³/mol. The Labute approximate surface area is 80.0 Å². The molecule has 0 aliphatic carbocycles. The van der Waals surface area contributed by atoms with E-state index in [1.54, 1.807) is 0 Å². The average Bonchev–Trinajstić information content (AvgIpc) is 2.62. The fourth-order valence-electron chi connectivity index (χ4n) is 1.59. The third kappa shape index (κ3) is 3.25. The van der Waals surface area contributed by atoms with Crippen molar-refractivity contribution in [3.63, 3.8) is 0 Å². The normalized spacial score (nSPS) is 28.2. The molecular formula is C10H20O3. The fourth-order valence-corrected chi connectivity index (χ4v) is 1.59. The van der Waals surface area contributed by atoms with E-state index in [0.717, 1.165) is 39.1 Å². The van der Waals surface area contributed by atoms with E-state index in [0.29, 0.717) is 6.61 Å². The van der Waals surface area contributed by atoms with Crippen molar-refractivity contribution in [1.82, 2.24) is 0 Å². The van der Waals surface area contributed by atoms with Crippen molar-refractivity contribution in [2.75, 3.05) is 33.0 Å². The monoisotopic (exact) mass is 188 g/mol. The van der Waals surface area contributed by atoms with Gasteiger partial charge in [0.15, 0.2) is 0 Å². The lowest BCUT2D eigenvalue weighted by atomic mass is 9.85. The van der Waals surface area contributed by atoms with Crippen molar-refractivity contribution in [1.29, 1.82) is 0 Å². The van der Waals surface area contributed by atoms with Crippen molar-refractivity contribution >= 4 is 0 Å². The highest BCUT2D eigenvalue weighted by atomic mass is 16.5. The topological polar surface area (TPSA) is 38.7 Å². The standard InChI is InChI=1S/C10H20O3/c1-2-5-12-6-3-10(8-11)4-7-13-9-10/h11H,2-9H2,1H3. The average molecular weight is 188 g/mol. The van der Waals surface area contributed by atoms with Crippen LogP contribution in [0.3, 0.4) is 0 Å². The van der Waals surface area contributed by atoms with Crippen molar-refractivity contribution in [3.05, 3.63) is 0 Å². The molecular weight excluding hydrogens is 168 g/mol. The molecule has 1 atom stereocenters. The largest absolute Gasteiger partial charge is 0.396 e. The van der Waals surface area contributed by atoms with Gasteiger partial charge in [-0.3, -0.25) is 0 Å². The molecule has 0 bridgehead atoms. The molecule has 1 fully saturated rings. The maximum atomic E-state index is 9.24. The van der Waals surface area contributed by atoms with Crippen molar-refractivity contribution in [2.45, 2.75) is 26.2 Å². The molecule has 1 N–H and O–H groups in total. The van der Waals surface area contributed by atoms with Crippen LogP contribution in [0, 0.1) is 5.41 Å². The van der Waals surface area contributed by atoms with E-state index in [-0.39, 0.29) is 12.0 Å². The molecule has 3 nitrogen and oxygen atoms in total. The quantitative estimate of drug-likeness (QED) is 0.637. The summed E-state index contributed by atoms with van der Waals surface area (Å²) in [5.41, 5.74) is -0.00621. The van der Waals surface area contributed by atoms with E-state index in [1.807, 2.05) is 0 Å². The van der Waals surface area contributed by atoms with E-state index < -0.39 is 0 Å². The minimum Gasteiger partial charge on any atom is -0.396 e. The van der Waals surface area contributed by atoms with Crippen LogP contribution in [0.2, 0.25) is 0 Å². The SMILES string of the molecule is CCCOCCC1(CO)CCOC1. The Kier molecular flexibility index (Phi) is 4.70. The summed E-state index contributed by atoms with van der Waals surface area (Å²) in [6.07, 6.45) is 2.95. The zero-order chi connectivity index (χ0) is 9.57. The summed E-state index contributed by atoms with van der Waals surface area (Å²) < 4.78 is 10.7. The first kappa shape index (κ1) is 11.0. The van der Waals surface area contributed by atoms with E-state index in [1.165, 1.54) is 0 Å². The Bertz CT molecular complexity index is 130. The van der Waals surface area contributed by atoms with Gasteiger partial charge in [0, 0.05) is 25.2 Å². The fraction of sp³-hybridized carbons (Fsp3) is 1.00. The first-order valence-corrected chi connectivity index (χ1v) is 5.09. The molecule has 0 aromatic heterocycles. The van der Waals surface area contributed by atoms with Crippen LogP contribution < -0.4 is 0 Å². The zero-order valence-electron chi connectivity index (χ0n) is 8.42. The van der Waals surface area contributed by atoms with Gasteiger partial charge >= 0.3 is 0 Å². The van der Waals surface area contributed by atoms with E-state index >= 15 is 0 Å². The molecule has 0 aromatic carbocycles. The van der Waals surface area contributed by atoms with Crippen LogP contribution in [0.15, 0.2) is 0 Å². The van der Waals surface area contributed by atoms with Gasteiger partial charge in [0.25, 0.3) is 0 Å². The summed E-state index contributed by atoms with van der Waals surface area (Å²) in [5.74, 6) is 0. The number of hydrogen-bond donors (Lipinski definition) is 1. The molecule has 0 radical (unpaired) electrons. The Morgan fingerprint density at radius 3 is 2.85 bits per heavy atom. The second kappa shape index (κ2) is 5.58. The summed E-state index contributed by atoms with van der Waals surface area (Å²) in [6, 6.07) is 0. The second-order valence-electron chi connectivity index (χ2n) is 3.82. The highest BCUT2D eigenvalue weighted by Crippen LogP contribution is 2.31. The summed E-state index contributed by atoms with van der Waals surface area (Å²) >= 11 is 0. The van der Waals surface area contributed by atoms with Crippen molar-refractivity contribution in [2.24, 2.45) is 5.41 Å². The van der Waals surface area contributed by atoms with Crippen LogP contribution >= 0.6 is 0 Å². The molecule has 1 saturated heterocycles. The summed E-state index contributed by atoms with van der Waals surface area (Å²) in [4.78, 5) is 0. The number of aliphatic hydroxyl groups is 1. The maximum Gasteiger partial charge on any atom is 0.0546 e. The smallest absolute Gasteiger partial charge is 0.0546 e. The van der Waals surface area contributed by atoms with Gasteiger partial charge in [-0.25, -0.2) is 0 Å². The zero-order valence-corrected chi connectivity index (χ0v) is 8.42. The molecule has 0 spiro atoms. The molecule has 0 amide bonds. The van der Waals surface area contributed by atoms with Gasteiger partial charge in [-0.05, 0) is 19.3 Å². The van der Waals surface area contributed by atoms with Crippen molar-refractivity contribution in [3.8, 4) is 0 Å². The van der Waals surface area contributed by atoms with Gasteiger partial charge in [-0.2, -0.15) is 0 Å². The Hall–Kier alpha value is -0.120. The number of hydrogen-bond acceptors (Lipinski definition) is 3. The van der Waals surface area contributed by atoms with Gasteiger partial charge < -0.3 is 14.6 Å². The Balaban J connectivity index is 2.16. The molecule has 13 heavy (non-hydrogen) atoms. The van der Waals surface area contributed by atoms with Crippen LogP contribution in [-0.4, -0.2) is 38.1 Å². The lowest BCUT2D eigenvalue weighted by molar-refractivity contribution is 0.0459. The first-order valence-electron chi connectivity index (χ1n) is 5.09. The molecule has 78 valence electrons. The lowest BCUT2D eigenvalue weighted by Crippen LogP contribution is -2.27. The van der Waals surface area contributed by atoms with Gasteiger partial charge in [0.05, 0.1) is 13.2 Å². The number of ether oxygens (including phenoxy) is 2. The molecule has 1 aliphatic heterocycles. The molecule has 1 unspecified atom stereocenters. The third-order valence-corrected chi connectivity index (χ3v) is 2.65. The minimum absolute atomic E-state index is 0.00621. The van der Waals surface area contributed by atoms with Gasteiger partial charge in [0.1, 0.15) is 0 Å².